The number of alkyl halides is 1. The molecule has 0 aromatic carbocycles. The molecule has 0 aliphatic carbocycles. The van der Waals surface area contributed by atoms with E-state index in [1.54, 1.807) is 18.5 Å². The zero-order valence-corrected chi connectivity index (χ0v) is 12.4. The van der Waals surface area contributed by atoms with E-state index in [0.29, 0.717) is 17.8 Å². The van der Waals surface area contributed by atoms with Gasteiger partial charge in [0.1, 0.15) is 5.82 Å². The highest BCUT2D eigenvalue weighted by molar-refractivity contribution is 9.09. The summed E-state index contributed by atoms with van der Waals surface area (Å²) in [5.74, 6) is 0.646. The van der Waals surface area contributed by atoms with E-state index in [2.05, 4.69) is 25.6 Å². The Labute approximate surface area is 110 Å². The van der Waals surface area contributed by atoms with E-state index < -0.39 is 10.0 Å². The standard InChI is InChI=1S/C9H16BrN3O3S/c1-7-11-9(5-13(7)2)17(14,15)12-8(4-10)6-16-3/h5,8,12H,4,6H2,1-3H3. The van der Waals surface area contributed by atoms with Crippen molar-refractivity contribution >= 4 is 26.0 Å². The lowest BCUT2D eigenvalue weighted by atomic mass is 10.4. The molecule has 0 radical (unpaired) electrons. The Balaban J connectivity index is 2.88. The molecule has 0 fully saturated rings. The van der Waals surface area contributed by atoms with Crippen LogP contribution >= 0.6 is 15.9 Å². The number of aryl methyl sites for hydroxylation is 2. The molecule has 0 bridgehead atoms. The summed E-state index contributed by atoms with van der Waals surface area (Å²) in [4.78, 5) is 3.99. The van der Waals surface area contributed by atoms with E-state index in [0.717, 1.165) is 0 Å². The number of nitrogens with zero attached hydrogens (tertiary/aromatic N) is 2. The van der Waals surface area contributed by atoms with Crippen molar-refractivity contribution in [1.29, 1.82) is 0 Å². The van der Waals surface area contributed by atoms with Gasteiger partial charge < -0.3 is 9.30 Å². The van der Waals surface area contributed by atoms with E-state index in [1.165, 1.54) is 13.3 Å². The Bertz CT molecular complexity index is 452. The molecule has 0 aliphatic rings. The summed E-state index contributed by atoms with van der Waals surface area (Å²) >= 11 is 3.23. The number of halogens is 1. The molecule has 1 heterocycles. The fourth-order valence-electron chi connectivity index (χ4n) is 1.25. The van der Waals surface area contributed by atoms with Crippen molar-refractivity contribution in [2.75, 3.05) is 19.0 Å². The van der Waals surface area contributed by atoms with Crippen LogP contribution in [0, 0.1) is 6.92 Å². The van der Waals surface area contributed by atoms with Crippen molar-refractivity contribution in [2.45, 2.75) is 18.0 Å². The molecule has 0 aliphatic heterocycles. The minimum Gasteiger partial charge on any atom is -0.383 e. The third kappa shape index (κ3) is 3.77. The number of nitrogens with one attached hydrogen (secondary N) is 1. The van der Waals surface area contributed by atoms with Crippen molar-refractivity contribution < 1.29 is 13.2 Å². The summed E-state index contributed by atoms with van der Waals surface area (Å²) in [5.41, 5.74) is 0. The molecule has 1 aromatic rings. The maximum atomic E-state index is 12.0. The maximum absolute atomic E-state index is 12.0. The van der Waals surface area contributed by atoms with Gasteiger partial charge in [-0.3, -0.25) is 0 Å². The number of imidazole rings is 1. The predicted molar refractivity (Wildman–Crippen MR) is 67.7 cm³/mol. The zero-order valence-electron chi connectivity index (χ0n) is 9.97. The minimum absolute atomic E-state index is 0.0274. The predicted octanol–water partition coefficient (Wildman–Crippen LogP) is 0.417. The second kappa shape index (κ2) is 5.94. The van der Waals surface area contributed by atoms with E-state index in [9.17, 15) is 8.42 Å². The molecule has 1 unspecified atom stereocenters. The summed E-state index contributed by atoms with van der Waals surface area (Å²) in [7, 11) is -0.316. The van der Waals surface area contributed by atoms with Gasteiger partial charge in [0.2, 0.25) is 0 Å². The first kappa shape index (κ1) is 14.6. The molecule has 98 valence electrons. The van der Waals surface area contributed by atoms with Crippen LogP contribution < -0.4 is 4.72 Å². The Morgan fingerprint density at radius 3 is 2.71 bits per heavy atom. The van der Waals surface area contributed by atoms with Gasteiger partial charge in [-0.2, -0.15) is 0 Å². The molecular formula is C9H16BrN3O3S. The fraction of sp³-hybridized carbons (Fsp3) is 0.667. The Morgan fingerprint density at radius 1 is 1.65 bits per heavy atom. The quantitative estimate of drug-likeness (QED) is 0.769. The van der Waals surface area contributed by atoms with Gasteiger partial charge in [-0.15, -0.1) is 0 Å². The smallest absolute Gasteiger partial charge is 0.259 e. The van der Waals surface area contributed by atoms with Gasteiger partial charge in [0.05, 0.1) is 12.6 Å². The third-order valence-electron chi connectivity index (χ3n) is 2.24. The first-order valence-corrected chi connectivity index (χ1v) is 7.58. The molecule has 1 rings (SSSR count). The highest BCUT2D eigenvalue weighted by atomic mass is 79.9. The van der Waals surface area contributed by atoms with Crippen LogP contribution in [0.1, 0.15) is 5.82 Å². The SMILES string of the molecule is COCC(CBr)NS(=O)(=O)c1cn(C)c(C)n1. The number of hydrogen-bond donors (Lipinski definition) is 1. The summed E-state index contributed by atoms with van der Waals surface area (Å²) in [6.45, 7) is 2.05. The van der Waals surface area contributed by atoms with E-state index >= 15 is 0 Å². The van der Waals surface area contributed by atoms with Gasteiger partial charge in [0, 0.05) is 25.7 Å². The number of ether oxygens (including phenoxy) is 1. The molecular weight excluding hydrogens is 310 g/mol. The van der Waals surface area contributed by atoms with Crippen molar-refractivity contribution in [3.63, 3.8) is 0 Å². The number of methoxy groups -OCH3 is 1. The molecule has 1 aromatic heterocycles. The minimum atomic E-state index is -3.59. The molecule has 8 heteroatoms. The second-order valence-electron chi connectivity index (χ2n) is 3.67. The van der Waals surface area contributed by atoms with Crippen molar-refractivity contribution in [3.8, 4) is 0 Å². The van der Waals surface area contributed by atoms with Gasteiger partial charge >= 0.3 is 0 Å². The van der Waals surface area contributed by atoms with Gasteiger partial charge in [0.25, 0.3) is 10.0 Å². The third-order valence-corrected chi connectivity index (χ3v) is 4.41. The average Bonchev–Trinajstić information content (AvgIpc) is 2.59. The lowest BCUT2D eigenvalue weighted by molar-refractivity contribution is 0.182. The highest BCUT2D eigenvalue weighted by Gasteiger charge is 2.22. The maximum Gasteiger partial charge on any atom is 0.259 e. The van der Waals surface area contributed by atoms with Gasteiger partial charge in [-0.1, -0.05) is 15.9 Å². The molecule has 0 amide bonds. The highest BCUT2D eigenvalue weighted by Crippen LogP contribution is 2.08. The molecule has 0 spiro atoms. The lowest BCUT2D eigenvalue weighted by Gasteiger charge is -2.13. The molecule has 1 atom stereocenters. The summed E-state index contributed by atoms with van der Waals surface area (Å²) in [6.07, 6.45) is 1.48. The number of aromatic nitrogens is 2. The van der Waals surface area contributed by atoms with Gasteiger partial charge in [-0.05, 0) is 6.92 Å². The van der Waals surface area contributed by atoms with E-state index in [-0.39, 0.29) is 11.1 Å². The van der Waals surface area contributed by atoms with Crippen molar-refractivity contribution in [2.24, 2.45) is 7.05 Å². The first-order valence-electron chi connectivity index (χ1n) is 4.98. The zero-order chi connectivity index (χ0) is 13.1. The van der Waals surface area contributed by atoms with Gasteiger partial charge in [0.15, 0.2) is 5.03 Å². The van der Waals surface area contributed by atoms with Crippen LogP contribution in [0.4, 0.5) is 0 Å². The fourth-order valence-corrected chi connectivity index (χ4v) is 3.07. The van der Waals surface area contributed by atoms with E-state index in [4.69, 9.17) is 4.74 Å². The van der Waals surface area contributed by atoms with Crippen LogP contribution in [0.3, 0.4) is 0 Å². The van der Waals surface area contributed by atoms with Crippen LogP contribution in [0.5, 0.6) is 0 Å². The second-order valence-corrected chi connectivity index (χ2v) is 5.97. The lowest BCUT2D eigenvalue weighted by Crippen LogP contribution is -2.39. The Morgan fingerprint density at radius 2 is 2.29 bits per heavy atom. The summed E-state index contributed by atoms with van der Waals surface area (Å²) in [5, 5.41) is 0.505. The van der Waals surface area contributed by atoms with Crippen LogP contribution in [0.15, 0.2) is 11.2 Å². The number of rotatable bonds is 6. The summed E-state index contributed by atoms with van der Waals surface area (Å²) in [6, 6.07) is -0.313. The normalized spacial score (nSPS) is 13.9. The summed E-state index contributed by atoms with van der Waals surface area (Å²) < 4.78 is 33.1. The monoisotopic (exact) mass is 325 g/mol. The van der Waals surface area contributed by atoms with Crippen molar-refractivity contribution in [1.82, 2.24) is 14.3 Å². The molecule has 17 heavy (non-hydrogen) atoms. The Kier molecular flexibility index (Phi) is 5.11. The van der Waals surface area contributed by atoms with Crippen LogP contribution in [0.25, 0.3) is 0 Å². The van der Waals surface area contributed by atoms with Crippen LogP contribution in [0.2, 0.25) is 0 Å². The average molecular weight is 326 g/mol. The van der Waals surface area contributed by atoms with Gasteiger partial charge in [-0.25, -0.2) is 18.1 Å². The van der Waals surface area contributed by atoms with Crippen molar-refractivity contribution in [3.05, 3.63) is 12.0 Å². The molecule has 1 N–H and O–H groups in total. The largest absolute Gasteiger partial charge is 0.383 e. The van der Waals surface area contributed by atoms with Crippen LogP contribution in [-0.4, -0.2) is 43.1 Å². The Hall–Kier alpha value is -0.440. The van der Waals surface area contributed by atoms with E-state index in [1.807, 2.05) is 0 Å². The molecule has 0 saturated carbocycles. The molecule has 6 nitrogen and oxygen atoms in total. The number of hydrogen-bond acceptors (Lipinski definition) is 4. The molecule has 0 saturated heterocycles. The number of sulfonamides is 1. The topological polar surface area (TPSA) is 73.2 Å². The van der Waals surface area contributed by atoms with Crippen LogP contribution in [-0.2, 0) is 21.8 Å². The first-order chi connectivity index (χ1) is 7.90.